The number of carboxylic acids is 1. The van der Waals surface area contributed by atoms with Crippen molar-refractivity contribution in [3.8, 4) is 0 Å². The fraction of sp³-hybridized carbons (Fsp3) is 0.304. The molecular weight excluding hydrogens is 400 g/mol. The summed E-state index contributed by atoms with van der Waals surface area (Å²) in [6.07, 6.45) is 4.47. The maximum atomic E-state index is 12.8. The first-order valence-electron chi connectivity index (χ1n) is 10.2. The Balaban J connectivity index is 1.58. The van der Waals surface area contributed by atoms with E-state index < -0.39 is 10.9 Å². The van der Waals surface area contributed by atoms with E-state index in [1.807, 2.05) is 36.4 Å². The number of carbonyl (C=O) groups is 2. The molecule has 8 heteroatoms. The number of carbonyl (C=O) groups excluding carboxylic acids is 1. The van der Waals surface area contributed by atoms with Crippen LogP contribution in [0.5, 0.6) is 0 Å². The van der Waals surface area contributed by atoms with Gasteiger partial charge >= 0.3 is 12.1 Å². The van der Waals surface area contributed by atoms with Gasteiger partial charge < -0.3 is 9.84 Å². The summed E-state index contributed by atoms with van der Waals surface area (Å²) in [6, 6.07) is 13.1. The highest BCUT2D eigenvalue weighted by molar-refractivity contribution is 5.90. The van der Waals surface area contributed by atoms with Crippen LogP contribution in [0.2, 0.25) is 0 Å². The quantitative estimate of drug-likeness (QED) is 0.555. The van der Waals surface area contributed by atoms with Gasteiger partial charge in [0, 0.05) is 12.1 Å². The fourth-order valence-electron chi connectivity index (χ4n) is 4.40. The van der Waals surface area contributed by atoms with Crippen LogP contribution in [0.15, 0.2) is 54.6 Å². The molecular formula is C23H22N2O6. The lowest BCUT2D eigenvalue weighted by molar-refractivity contribution is -0.385. The van der Waals surface area contributed by atoms with Crippen LogP contribution in [0, 0.1) is 10.1 Å². The Morgan fingerprint density at radius 1 is 1.16 bits per heavy atom. The minimum absolute atomic E-state index is 0.110. The summed E-state index contributed by atoms with van der Waals surface area (Å²) in [7, 11) is 0. The second-order valence-corrected chi connectivity index (χ2v) is 7.79. The molecule has 1 N–H and O–H groups in total. The standard InChI is InChI=1S/C23H22N2O6/c26-22(27)16-9-10-20(21(13-16)25(29)30)17-11-18-7-4-8-19(12-17)24(18)23(28)31-14-15-5-2-1-3-6-15/h1-3,5-6,9-11,13,18-19H,4,7-8,12,14H2,(H,26,27). The molecule has 8 nitrogen and oxygen atoms in total. The van der Waals surface area contributed by atoms with Gasteiger partial charge in [0.25, 0.3) is 5.69 Å². The third-order valence-electron chi connectivity index (χ3n) is 5.84. The summed E-state index contributed by atoms with van der Waals surface area (Å²) in [5, 5.41) is 20.7. The second-order valence-electron chi connectivity index (χ2n) is 7.79. The first-order chi connectivity index (χ1) is 14.9. The van der Waals surface area contributed by atoms with E-state index in [-0.39, 0.29) is 36.0 Å². The van der Waals surface area contributed by atoms with E-state index in [4.69, 9.17) is 9.84 Å². The number of piperidine rings is 1. The van der Waals surface area contributed by atoms with E-state index in [1.165, 1.54) is 12.1 Å². The SMILES string of the molecule is O=C(O)c1ccc(C2=CC3CCCC(C2)N3C(=O)OCc2ccccc2)c([N+](=O)[O-])c1. The van der Waals surface area contributed by atoms with Gasteiger partial charge in [-0.25, -0.2) is 9.59 Å². The van der Waals surface area contributed by atoms with E-state index in [9.17, 15) is 19.7 Å². The van der Waals surface area contributed by atoms with E-state index in [0.717, 1.165) is 36.5 Å². The zero-order valence-electron chi connectivity index (χ0n) is 16.8. The van der Waals surface area contributed by atoms with Crippen LogP contribution in [0.3, 0.4) is 0 Å². The van der Waals surface area contributed by atoms with Crippen molar-refractivity contribution in [3.63, 3.8) is 0 Å². The molecule has 1 fully saturated rings. The van der Waals surface area contributed by atoms with Crippen LogP contribution in [-0.2, 0) is 11.3 Å². The predicted molar refractivity (Wildman–Crippen MR) is 113 cm³/mol. The number of ether oxygens (including phenoxy) is 1. The van der Waals surface area contributed by atoms with Gasteiger partial charge in [-0.2, -0.15) is 0 Å². The molecule has 0 saturated carbocycles. The van der Waals surface area contributed by atoms with Gasteiger partial charge in [-0.1, -0.05) is 36.4 Å². The van der Waals surface area contributed by atoms with Crippen molar-refractivity contribution in [1.29, 1.82) is 0 Å². The van der Waals surface area contributed by atoms with Crippen LogP contribution in [0.1, 0.15) is 47.2 Å². The highest BCUT2D eigenvalue weighted by Gasteiger charge is 2.39. The van der Waals surface area contributed by atoms with E-state index in [2.05, 4.69) is 0 Å². The van der Waals surface area contributed by atoms with Crippen LogP contribution < -0.4 is 0 Å². The minimum Gasteiger partial charge on any atom is -0.478 e. The first-order valence-corrected chi connectivity index (χ1v) is 10.2. The number of nitrogens with zero attached hydrogens (tertiary/aromatic N) is 2. The molecule has 2 aliphatic heterocycles. The molecule has 1 saturated heterocycles. The number of nitro groups is 1. The Bertz CT molecular complexity index is 1050. The first kappa shape index (κ1) is 20.6. The molecule has 160 valence electrons. The van der Waals surface area contributed by atoms with Crippen molar-refractivity contribution in [2.75, 3.05) is 0 Å². The zero-order valence-corrected chi connectivity index (χ0v) is 16.8. The molecule has 0 aliphatic carbocycles. The largest absolute Gasteiger partial charge is 0.478 e. The molecule has 4 rings (SSSR count). The molecule has 2 aliphatic rings. The molecule has 2 aromatic carbocycles. The Morgan fingerprint density at radius 2 is 1.94 bits per heavy atom. The van der Waals surface area contributed by atoms with Crippen molar-refractivity contribution in [3.05, 3.63) is 81.4 Å². The van der Waals surface area contributed by atoms with Crippen molar-refractivity contribution in [2.24, 2.45) is 0 Å². The average molecular weight is 422 g/mol. The van der Waals surface area contributed by atoms with Crippen molar-refractivity contribution in [2.45, 2.75) is 44.4 Å². The summed E-state index contributed by atoms with van der Waals surface area (Å²) in [4.78, 5) is 36.8. The van der Waals surface area contributed by atoms with Gasteiger partial charge in [0.05, 0.1) is 22.1 Å². The number of carboxylic acid groups (broad SMARTS) is 1. The fourth-order valence-corrected chi connectivity index (χ4v) is 4.40. The Kier molecular flexibility index (Phi) is 5.70. The average Bonchev–Trinajstić information content (AvgIpc) is 2.76. The Labute approximate surface area is 178 Å². The summed E-state index contributed by atoms with van der Waals surface area (Å²) >= 11 is 0. The van der Waals surface area contributed by atoms with Gasteiger partial charge in [0.15, 0.2) is 0 Å². The van der Waals surface area contributed by atoms with Crippen LogP contribution in [0.25, 0.3) is 5.57 Å². The molecule has 2 heterocycles. The van der Waals surface area contributed by atoms with E-state index in [0.29, 0.717) is 12.0 Å². The van der Waals surface area contributed by atoms with Crippen molar-refractivity contribution >= 4 is 23.3 Å². The smallest absolute Gasteiger partial charge is 0.410 e. The number of benzene rings is 2. The lowest BCUT2D eigenvalue weighted by Crippen LogP contribution is -2.51. The van der Waals surface area contributed by atoms with Crippen LogP contribution in [-0.4, -0.2) is 39.1 Å². The molecule has 1 amide bonds. The van der Waals surface area contributed by atoms with E-state index >= 15 is 0 Å². The zero-order chi connectivity index (χ0) is 22.0. The third-order valence-corrected chi connectivity index (χ3v) is 5.84. The Hall–Kier alpha value is -3.68. The highest BCUT2D eigenvalue weighted by atomic mass is 16.6. The topological polar surface area (TPSA) is 110 Å². The number of nitro benzene ring substituents is 1. The third kappa shape index (κ3) is 4.28. The molecule has 2 atom stereocenters. The Morgan fingerprint density at radius 3 is 2.61 bits per heavy atom. The lowest BCUT2D eigenvalue weighted by Gasteiger charge is -2.44. The molecule has 0 spiro atoms. The molecule has 31 heavy (non-hydrogen) atoms. The van der Waals surface area contributed by atoms with Crippen LogP contribution in [0.4, 0.5) is 10.5 Å². The van der Waals surface area contributed by atoms with Crippen molar-refractivity contribution < 1.29 is 24.4 Å². The summed E-state index contributed by atoms with van der Waals surface area (Å²) < 4.78 is 5.53. The molecule has 2 unspecified atom stereocenters. The number of amides is 1. The molecule has 0 radical (unpaired) electrons. The van der Waals surface area contributed by atoms with Gasteiger partial charge in [0.1, 0.15) is 6.61 Å². The highest BCUT2D eigenvalue weighted by Crippen LogP contribution is 2.40. The monoisotopic (exact) mass is 422 g/mol. The maximum absolute atomic E-state index is 12.8. The van der Waals surface area contributed by atoms with Gasteiger partial charge in [-0.05, 0) is 49.0 Å². The molecule has 2 bridgehead atoms. The normalized spacial score (nSPS) is 20.0. The summed E-state index contributed by atoms with van der Waals surface area (Å²) in [5.41, 5.74) is 1.72. The second kappa shape index (κ2) is 8.59. The number of hydrogen-bond donors (Lipinski definition) is 1. The van der Waals surface area contributed by atoms with Crippen LogP contribution >= 0.6 is 0 Å². The van der Waals surface area contributed by atoms with Crippen molar-refractivity contribution in [1.82, 2.24) is 4.90 Å². The summed E-state index contributed by atoms with van der Waals surface area (Å²) in [5.74, 6) is -1.21. The van der Waals surface area contributed by atoms with Gasteiger partial charge in [-0.3, -0.25) is 15.0 Å². The minimum atomic E-state index is -1.21. The van der Waals surface area contributed by atoms with Gasteiger partial charge in [-0.15, -0.1) is 0 Å². The summed E-state index contributed by atoms with van der Waals surface area (Å²) in [6.45, 7) is 0.189. The molecule has 2 aromatic rings. The number of hydrogen-bond acceptors (Lipinski definition) is 5. The van der Waals surface area contributed by atoms with Gasteiger partial charge in [0.2, 0.25) is 0 Å². The number of fused-ring (bicyclic) bond motifs is 2. The number of aromatic carboxylic acids is 1. The van der Waals surface area contributed by atoms with E-state index in [1.54, 1.807) is 4.90 Å². The maximum Gasteiger partial charge on any atom is 0.410 e. The predicted octanol–water partition coefficient (Wildman–Crippen LogP) is 4.64. The number of rotatable bonds is 5. The molecule has 0 aromatic heterocycles. The lowest BCUT2D eigenvalue weighted by atomic mass is 9.82.